The van der Waals surface area contributed by atoms with Crippen LogP contribution < -0.4 is 0 Å². The fourth-order valence-corrected chi connectivity index (χ4v) is 3.60. The van der Waals surface area contributed by atoms with E-state index in [0.717, 1.165) is 16.8 Å². The highest BCUT2D eigenvalue weighted by molar-refractivity contribution is 6.36. The Morgan fingerprint density at radius 1 is 0.962 bits per heavy atom. The first kappa shape index (κ1) is 16.4. The van der Waals surface area contributed by atoms with Crippen molar-refractivity contribution >= 4 is 17.6 Å². The second-order valence-electron chi connectivity index (χ2n) is 6.01. The molecule has 0 saturated heterocycles. The quantitative estimate of drug-likeness (QED) is 0.544. The minimum absolute atomic E-state index is 0.180. The zero-order chi connectivity index (χ0) is 18.3. The van der Waals surface area contributed by atoms with Crippen LogP contribution in [0.1, 0.15) is 10.4 Å². The van der Waals surface area contributed by atoms with Gasteiger partial charge in [-0.2, -0.15) is 5.10 Å². The number of rotatable bonds is 3. The lowest BCUT2D eigenvalue weighted by Gasteiger charge is -2.19. The summed E-state index contributed by atoms with van der Waals surface area (Å²) < 4.78 is 1.72. The summed E-state index contributed by atoms with van der Waals surface area (Å²) in [5, 5.41) is 14.8. The lowest BCUT2D eigenvalue weighted by molar-refractivity contribution is 0.0698. The van der Waals surface area contributed by atoms with Crippen molar-refractivity contribution in [1.29, 1.82) is 0 Å². The van der Waals surface area contributed by atoms with Gasteiger partial charge in [-0.3, -0.25) is 4.68 Å². The average Bonchev–Trinajstić information content (AvgIpc) is 3.00. The van der Waals surface area contributed by atoms with E-state index < -0.39 is 5.97 Å². The number of carbonyl (C=O) groups is 1. The third-order valence-electron chi connectivity index (χ3n) is 4.40. The van der Waals surface area contributed by atoms with Gasteiger partial charge in [-0.25, -0.2) is 4.79 Å². The first-order valence-electron chi connectivity index (χ1n) is 8.11. The molecule has 0 bridgehead atoms. The summed E-state index contributed by atoms with van der Waals surface area (Å²) in [4.78, 5) is 11.9. The van der Waals surface area contributed by atoms with E-state index >= 15 is 0 Å². The van der Waals surface area contributed by atoms with Crippen LogP contribution in [-0.2, 0) is 7.05 Å². The normalized spacial score (nSPS) is 11.0. The largest absolute Gasteiger partial charge is 0.478 e. The van der Waals surface area contributed by atoms with Crippen molar-refractivity contribution in [2.24, 2.45) is 7.05 Å². The third-order valence-corrected chi connectivity index (χ3v) is 4.70. The predicted octanol–water partition coefficient (Wildman–Crippen LogP) is 5.21. The van der Waals surface area contributed by atoms with Gasteiger partial charge in [0, 0.05) is 29.3 Å². The molecule has 128 valence electrons. The highest BCUT2D eigenvalue weighted by Crippen LogP contribution is 2.46. The van der Waals surface area contributed by atoms with Crippen LogP contribution in [0.4, 0.5) is 0 Å². The smallest absolute Gasteiger partial charge is 0.336 e. The van der Waals surface area contributed by atoms with Gasteiger partial charge in [0.15, 0.2) is 0 Å². The summed E-state index contributed by atoms with van der Waals surface area (Å²) in [7, 11) is 1.82. The van der Waals surface area contributed by atoms with Gasteiger partial charge in [0.25, 0.3) is 0 Å². The van der Waals surface area contributed by atoms with Crippen LogP contribution in [0, 0.1) is 0 Å². The van der Waals surface area contributed by atoms with Crippen LogP contribution in [0.3, 0.4) is 0 Å². The number of carboxylic acid groups (broad SMARTS) is 1. The Hall–Kier alpha value is -3.11. The van der Waals surface area contributed by atoms with E-state index in [0.29, 0.717) is 21.8 Å². The van der Waals surface area contributed by atoms with Crippen molar-refractivity contribution in [3.05, 3.63) is 77.3 Å². The van der Waals surface area contributed by atoms with Gasteiger partial charge in [0.2, 0.25) is 0 Å². The van der Waals surface area contributed by atoms with E-state index in [9.17, 15) is 9.90 Å². The van der Waals surface area contributed by atoms with Crippen molar-refractivity contribution in [2.75, 3.05) is 0 Å². The molecule has 0 aromatic heterocycles. The zero-order valence-corrected chi connectivity index (χ0v) is 14.7. The fourth-order valence-electron chi connectivity index (χ4n) is 3.31. The molecule has 0 amide bonds. The number of benzene rings is 2. The average molecular weight is 363 g/mol. The highest BCUT2D eigenvalue weighted by Gasteiger charge is 2.29. The maximum Gasteiger partial charge on any atom is 0.336 e. The number of aromatic carboxylic acids is 1. The maximum absolute atomic E-state index is 11.9. The summed E-state index contributed by atoms with van der Waals surface area (Å²) in [6, 6.07) is 20.8. The van der Waals surface area contributed by atoms with E-state index in [2.05, 4.69) is 0 Å². The van der Waals surface area contributed by atoms with Gasteiger partial charge in [-0.05, 0) is 6.07 Å². The minimum atomic E-state index is -1.01. The van der Waals surface area contributed by atoms with E-state index in [4.69, 9.17) is 16.7 Å². The second kappa shape index (κ2) is 6.32. The van der Waals surface area contributed by atoms with Gasteiger partial charge in [0.05, 0.1) is 16.3 Å². The van der Waals surface area contributed by atoms with Gasteiger partial charge < -0.3 is 5.11 Å². The number of aromatic nitrogens is 2. The van der Waals surface area contributed by atoms with Gasteiger partial charge in [-0.15, -0.1) is 0 Å². The number of carboxylic acids is 1. The van der Waals surface area contributed by atoms with E-state index in [1.807, 2.05) is 67.7 Å². The van der Waals surface area contributed by atoms with Crippen molar-refractivity contribution in [2.45, 2.75) is 0 Å². The molecule has 2 aliphatic rings. The van der Waals surface area contributed by atoms with Crippen LogP contribution >= 0.6 is 11.6 Å². The lowest BCUT2D eigenvalue weighted by Crippen LogP contribution is -2.09. The second-order valence-corrected chi connectivity index (χ2v) is 6.42. The Kier molecular flexibility index (Phi) is 3.98. The molecule has 0 radical (unpaired) electrons. The highest BCUT2D eigenvalue weighted by atomic mass is 35.5. The minimum Gasteiger partial charge on any atom is -0.478 e. The Morgan fingerprint density at radius 2 is 1.54 bits per heavy atom. The van der Waals surface area contributed by atoms with Crippen molar-refractivity contribution in [3.63, 3.8) is 0 Å². The third kappa shape index (κ3) is 2.55. The van der Waals surface area contributed by atoms with E-state index in [1.54, 1.807) is 4.68 Å². The predicted molar refractivity (Wildman–Crippen MR) is 103 cm³/mol. The molecule has 0 fully saturated rings. The molecular formula is C21H15ClN2O2. The number of nitrogens with zero attached hydrogens (tertiary/aromatic N) is 2. The van der Waals surface area contributed by atoms with Gasteiger partial charge in [-0.1, -0.05) is 72.3 Å². The zero-order valence-electron chi connectivity index (χ0n) is 14.0. The van der Waals surface area contributed by atoms with E-state index in [-0.39, 0.29) is 5.56 Å². The molecular weight excluding hydrogens is 348 g/mol. The Bertz CT molecular complexity index is 1070. The first-order chi connectivity index (χ1) is 12.6. The fraction of sp³-hybridized carbons (Fsp3) is 0.0476. The molecule has 4 rings (SSSR count). The number of aryl methyl sites for hydroxylation is 1. The molecule has 0 unspecified atom stereocenters. The molecule has 0 saturated carbocycles. The lowest BCUT2D eigenvalue weighted by atomic mass is 9.96. The van der Waals surface area contributed by atoms with Gasteiger partial charge >= 0.3 is 5.97 Å². The topological polar surface area (TPSA) is 55.1 Å². The van der Waals surface area contributed by atoms with Crippen molar-refractivity contribution < 1.29 is 9.90 Å². The Labute approximate surface area is 155 Å². The summed E-state index contributed by atoms with van der Waals surface area (Å²) in [5.74, 6) is -1.01. The molecule has 5 heteroatoms. The summed E-state index contributed by atoms with van der Waals surface area (Å²) in [5.41, 5.74) is 4.61. The molecule has 2 aromatic rings. The molecule has 0 spiro atoms. The number of halogens is 1. The van der Waals surface area contributed by atoms with Crippen LogP contribution in [0.5, 0.6) is 0 Å². The van der Waals surface area contributed by atoms with Crippen molar-refractivity contribution in [1.82, 2.24) is 9.78 Å². The summed E-state index contributed by atoms with van der Waals surface area (Å²) in [6.45, 7) is 0. The maximum atomic E-state index is 11.9. The molecule has 4 nitrogen and oxygen atoms in total. The molecule has 1 N–H and O–H groups in total. The molecule has 26 heavy (non-hydrogen) atoms. The molecule has 2 aromatic carbocycles. The van der Waals surface area contributed by atoms with Crippen LogP contribution in [0.15, 0.2) is 66.7 Å². The van der Waals surface area contributed by atoms with Crippen LogP contribution in [0.25, 0.3) is 33.6 Å². The van der Waals surface area contributed by atoms with Crippen LogP contribution in [-0.4, -0.2) is 20.9 Å². The molecule has 1 aliphatic heterocycles. The van der Waals surface area contributed by atoms with Crippen LogP contribution in [0.2, 0.25) is 5.02 Å². The standard InChI is InChI=1S/C21H15ClN2O2/c1-24-20(14-10-6-3-7-11-14)17-15(21(25)26)12-16(22)18(17)19(23-24)13-8-4-2-5-9-13/h2-12H,1H3,(H,25,26). The molecule has 1 aliphatic carbocycles. The van der Waals surface area contributed by atoms with E-state index in [1.165, 1.54) is 6.07 Å². The Morgan fingerprint density at radius 3 is 2.12 bits per heavy atom. The number of hydrogen-bond acceptors (Lipinski definition) is 2. The monoisotopic (exact) mass is 362 g/mol. The summed E-state index contributed by atoms with van der Waals surface area (Å²) in [6.07, 6.45) is 0. The molecule has 1 heterocycles. The molecule has 0 atom stereocenters. The SMILES string of the molecule is Cn1nc(-c2ccccc2)c2c(Cl)cc(C(=O)O)c-2c1-c1ccccc1. The van der Waals surface area contributed by atoms with Gasteiger partial charge in [0.1, 0.15) is 5.69 Å². The summed E-state index contributed by atoms with van der Waals surface area (Å²) >= 11 is 6.48. The van der Waals surface area contributed by atoms with Crippen molar-refractivity contribution in [3.8, 4) is 33.6 Å². The number of hydrogen-bond donors (Lipinski definition) is 1. The number of fused-ring (bicyclic) bond motifs is 1. The first-order valence-corrected chi connectivity index (χ1v) is 8.49. The Balaban J connectivity index is 2.13.